The van der Waals surface area contributed by atoms with E-state index >= 15 is 0 Å². The summed E-state index contributed by atoms with van der Waals surface area (Å²) in [5, 5.41) is 0. The highest BCUT2D eigenvalue weighted by Gasteiger charge is 2.75. The third-order valence-corrected chi connectivity index (χ3v) is 5.00. The van der Waals surface area contributed by atoms with Gasteiger partial charge in [0.25, 0.3) is 0 Å². The van der Waals surface area contributed by atoms with Gasteiger partial charge >= 0.3 is 0 Å². The molecule has 3 rings (SSSR count). The molecule has 2 saturated carbocycles. The number of epoxide rings is 1. The van der Waals surface area contributed by atoms with Crippen molar-refractivity contribution in [3.8, 4) is 0 Å². The van der Waals surface area contributed by atoms with Crippen molar-refractivity contribution in [1.29, 1.82) is 0 Å². The summed E-state index contributed by atoms with van der Waals surface area (Å²) in [6.07, 6.45) is 2.72. The molecular formula is C13H20N2O2. The normalized spacial score (nSPS) is 52.6. The predicted octanol–water partition coefficient (Wildman–Crippen LogP) is 0.498. The van der Waals surface area contributed by atoms with Crippen molar-refractivity contribution in [3.63, 3.8) is 0 Å². The lowest BCUT2D eigenvalue weighted by Gasteiger charge is -2.48. The Morgan fingerprint density at radius 3 is 2.94 bits per heavy atom. The van der Waals surface area contributed by atoms with E-state index in [4.69, 9.17) is 16.2 Å². The third kappa shape index (κ3) is 1.26. The van der Waals surface area contributed by atoms with Gasteiger partial charge in [-0.15, -0.1) is 0 Å². The molecular weight excluding hydrogens is 216 g/mol. The van der Waals surface area contributed by atoms with Gasteiger partial charge in [0.15, 0.2) is 5.78 Å². The van der Waals surface area contributed by atoms with Crippen molar-refractivity contribution in [3.05, 3.63) is 12.2 Å². The molecule has 2 unspecified atom stereocenters. The molecule has 2 aliphatic carbocycles. The quantitative estimate of drug-likeness (QED) is 0.513. The molecule has 17 heavy (non-hydrogen) atoms. The number of allylic oxidation sites excluding steroid dienone is 1. The van der Waals surface area contributed by atoms with Gasteiger partial charge in [-0.3, -0.25) is 4.79 Å². The first-order valence-electron chi connectivity index (χ1n) is 6.31. The van der Waals surface area contributed by atoms with Crippen LogP contribution >= 0.6 is 0 Å². The predicted molar refractivity (Wildman–Crippen MR) is 64.3 cm³/mol. The molecule has 0 aromatic rings. The first-order valence-corrected chi connectivity index (χ1v) is 6.31. The van der Waals surface area contributed by atoms with E-state index < -0.39 is 11.1 Å². The molecule has 1 aliphatic heterocycles. The second-order valence-electron chi connectivity index (χ2n) is 5.99. The average molecular weight is 236 g/mol. The SMILES string of the molecule is C=C(C)[C@H]1CCC23OC2C(=O)C[C@H](N)[C@@]3(N)C1. The van der Waals surface area contributed by atoms with Crippen LogP contribution in [0.3, 0.4) is 0 Å². The maximum atomic E-state index is 11.8. The first kappa shape index (κ1) is 11.4. The molecule has 1 heterocycles. The lowest BCUT2D eigenvalue weighted by molar-refractivity contribution is -0.122. The number of nitrogens with two attached hydrogens (primary N) is 2. The fourth-order valence-electron chi connectivity index (χ4n) is 3.74. The summed E-state index contributed by atoms with van der Waals surface area (Å²) in [4.78, 5) is 11.8. The minimum absolute atomic E-state index is 0.132. The van der Waals surface area contributed by atoms with Crippen LogP contribution in [0.1, 0.15) is 32.6 Å². The van der Waals surface area contributed by atoms with Crippen LogP contribution < -0.4 is 11.5 Å². The van der Waals surface area contributed by atoms with Crippen LogP contribution in [0.2, 0.25) is 0 Å². The Kier molecular flexibility index (Phi) is 2.14. The molecule has 4 N–H and O–H groups in total. The number of hydrogen-bond donors (Lipinski definition) is 2. The fourth-order valence-corrected chi connectivity index (χ4v) is 3.74. The summed E-state index contributed by atoms with van der Waals surface area (Å²) in [5.74, 6) is 0.544. The van der Waals surface area contributed by atoms with Gasteiger partial charge in [0.2, 0.25) is 0 Å². The lowest BCUT2D eigenvalue weighted by Crippen LogP contribution is -2.71. The highest BCUT2D eigenvalue weighted by Crippen LogP contribution is 2.59. The standard InChI is InChI=1S/C13H20N2O2/c1-7(2)8-3-4-13-11(17-13)9(16)5-10(14)12(13,15)6-8/h8,10-11H,1,3-6,14-15H2,2H3/t8-,10-,11?,12-,13?/m0/s1. The number of ketones is 1. The smallest absolute Gasteiger partial charge is 0.166 e. The highest BCUT2D eigenvalue weighted by molar-refractivity contribution is 5.90. The Morgan fingerprint density at radius 1 is 1.59 bits per heavy atom. The zero-order valence-electron chi connectivity index (χ0n) is 10.2. The van der Waals surface area contributed by atoms with E-state index in [0.29, 0.717) is 12.3 Å². The molecule has 0 radical (unpaired) electrons. The number of rotatable bonds is 1. The molecule has 0 aromatic heterocycles. The van der Waals surface area contributed by atoms with Crippen molar-refractivity contribution in [2.75, 3.05) is 0 Å². The van der Waals surface area contributed by atoms with Gasteiger partial charge in [0.1, 0.15) is 11.7 Å². The van der Waals surface area contributed by atoms with Crippen LogP contribution in [0, 0.1) is 5.92 Å². The van der Waals surface area contributed by atoms with E-state index in [9.17, 15) is 4.79 Å². The van der Waals surface area contributed by atoms with E-state index in [-0.39, 0.29) is 17.9 Å². The van der Waals surface area contributed by atoms with Gasteiger partial charge in [0, 0.05) is 12.5 Å². The molecule has 0 aromatic carbocycles. The second-order valence-corrected chi connectivity index (χ2v) is 5.99. The zero-order valence-corrected chi connectivity index (χ0v) is 10.2. The minimum atomic E-state index is -0.548. The van der Waals surface area contributed by atoms with Crippen molar-refractivity contribution in [1.82, 2.24) is 0 Å². The van der Waals surface area contributed by atoms with Crippen molar-refractivity contribution in [2.45, 2.75) is 55.9 Å². The molecule has 3 aliphatic rings. The number of ether oxygens (including phenoxy) is 1. The van der Waals surface area contributed by atoms with Crippen molar-refractivity contribution in [2.24, 2.45) is 17.4 Å². The largest absolute Gasteiger partial charge is 0.356 e. The molecule has 0 amide bonds. The Morgan fingerprint density at radius 2 is 2.29 bits per heavy atom. The van der Waals surface area contributed by atoms with E-state index in [1.807, 2.05) is 6.92 Å². The van der Waals surface area contributed by atoms with Crippen LogP contribution in [-0.2, 0) is 9.53 Å². The fraction of sp³-hybridized carbons (Fsp3) is 0.769. The molecule has 1 spiro atoms. The van der Waals surface area contributed by atoms with Crippen molar-refractivity contribution >= 4 is 5.78 Å². The molecule has 1 saturated heterocycles. The minimum Gasteiger partial charge on any atom is -0.356 e. The number of carbonyl (C=O) groups excluding carboxylic acids is 1. The van der Waals surface area contributed by atoms with Gasteiger partial charge in [-0.25, -0.2) is 0 Å². The molecule has 0 bridgehead atoms. The van der Waals surface area contributed by atoms with Crippen LogP contribution in [0.5, 0.6) is 0 Å². The second kappa shape index (κ2) is 3.19. The summed E-state index contributed by atoms with van der Waals surface area (Å²) in [7, 11) is 0. The first-order chi connectivity index (χ1) is 7.91. The van der Waals surface area contributed by atoms with Gasteiger partial charge in [-0.05, 0) is 32.1 Å². The van der Waals surface area contributed by atoms with E-state index in [0.717, 1.165) is 24.8 Å². The number of Topliss-reactive ketones (excluding diaryl/α,β-unsaturated/α-hetero) is 1. The summed E-state index contributed by atoms with van der Waals surface area (Å²) >= 11 is 0. The zero-order chi connectivity index (χ0) is 12.4. The summed E-state index contributed by atoms with van der Waals surface area (Å²) in [6.45, 7) is 6.06. The van der Waals surface area contributed by atoms with Crippen LogP contribution in [0.4, 0.5) is 0 Å². The molecule has 5 atom stereocenters. The number of carbonyl (C=O) groups is 1. The molecule has 94 valence electrons. The highest BCUT2D eigenvalue weighted by atomic mass is 16.6. The monoisotopic (exact) mass is 236 g/mol. The Balaban J connectivity index is 1.93. The van der Waals surface area contributed by atoms with E-state index in [1.54, 1.807) is 0 Å². The van der Waals surface area contributed by atoms with E-state index in [1.165, 1.54) is 0 Å². The topological polar surface area (TPSA) is 81.6 Å². The van der Waals surface area contributed by atoms with E-state index in [2.05, 4.69) is 6.58 Å². The maximum Gasteiger partial charge on any atom is 0.166 e. The summed E-state index contributed by atoms with van der Waals surface area (Å²) < 4.78 is 5.70. The van der Waals surface area contributed by atoms with Gasteiger partial charge in [0.05, 0.1) is 5.54 Å². The van der Waals surface area contributed by atoms with Gasteiger partial charge < -0.3 is 16.2 Å². The maximum absolute atomic E-state index is 11.8. The van der Waals surface area contributed by atoms with Gasteiger partial charge in [-0.2, -0.15) is 0 Å². The lowest BCUT2D eigenvalue weighted by atomic mass is 9.59. The van der Waals surface area contributed by atoms with Gasteiger partial charge in [-0.1, -0.05) is 12.2 Å². The number of hydrogen-bond acceptors (Lipinski definition) is 4. The Bertz CT molecular complexity index is 408. The average Bonchev–Trinajstić information content (AvgIpc) is 2.98. The van der Waals surface area contributed by atoms with Crippen LogP contribution in [0.25, 0.3) is 0 Å². The molecule has 4 heteroatoms. The molecule has 4 nitrogen and oxygen atoms in total. The third-order valence-electron chi connectivity index (χ3n) is 5.00. The summed E-state index contributed by atoms with van der Waals surface area (Å²) in [5.41, 5.74) is 12.8. The Hall–Kier alpha value is -0.710. The summed E-state index contributed by atoms with van der Waals surface area (Å²) in [6, 6.07) is -0.282. The van der Waals surface area contributed by atoms with Crippen LogP contribution in [0.15, 0.2) is 12.2 Å². The van der Waals surface area contributed by atoms with Crippen molar-refractivity contribution < 1.29 is 9.53 Å². The molecule has 3 fully saturated rings. The Labute approximate surface area is 101 Å². The van der Waals surface area contributed by atoms with Crippen LogP contribution in [-0.4, -0.2) is 29.1 Å².